The van der Waals surface area contributed by atoms with Crippen LogP contribution in [0.4, 0.5) is 0 Å². The van der Waals surface area contributed by atoms with Gasteiger partial charge in [0, 0.05) is 12.6 Å². The molecule has 0 radical (unpaired) electrons. The van der Waals surface area contributed by atoms with Gasteiger partial charge in [0.05, 0.1) is 19.7 Å². The van der Waals surface area contributed by atoms with Gasteiger partial charge in [0.1, 0.15) is 18.5 Å². The van der Waals surface area contributed by atoms with E-state index in [2.05, 4.69) is 51.7 Å². The van der Waals surface area contributed by atoms with Gasteiger partial charge >= 0.3 is 0 Å². The van der Waals surface area contributed by atoms with Gasteiger partial charge in [-0.1, -0.05) is 30.3 Å². The maximum absolute atomic E-state index is 12.2. The zero-order valence-electron chi connectivity index (χ0n) is 14.3. The van der Waals surface area contributed by atoms with Crippen LogP contribution in [0.5, 0.6) is 0 Å². The van der Waals surface area contributed by atoms with Gasteiger partial charge in [-0.05, 0) is 29.5 Å². The number of nitrogens with zero attached hydrogens (tertiary/aromatic N) is 6. The number of likely N-dealkylation sites (tertiary alicyclic amines) is 1. The molecule has 2 fully saturated rings. The maximum Gasteiger partial charge on any atom is 0.244 e. The minimum absolute atomic E-state index is 0.0302. The SMILES string of the molecule is CN(Cc1ccccc1)C1COC2(C1)CN(C(=O)Cn1cnnn1)C2. The van der Waals surface area contributed by atoms with E-state index in [0.29, 0.717) is 19.1 Å². The van der Waals surface area contributed by atoms with Gasteiger partial charge in [-0.15, -0.1) is 5.10 Å². The van der Waals surface area contributed by atoms with E-state index in [0.717, 1.165) is 19.6 Å². The molecule has 2 aromatic rings. The Labute approximate surface area is 146 Å². The number of rotatable bonds is 5. The molecule has 0 saturated carbocycles. The van der Waals surface area contributed by atoms with Gasteiger partial charge in [0.15, 0.2) is 0 Å². The molecule has 0 aliphatic carbocycles. The summed E-state index contributed by atoms with van der Waals surface area (Å²) < 4.78 is 7.52. The molecule has 2 saturated heterocycles. The van der Waals surface area contributed by atoms with Gasteiger partial charge < -0.3 is 9.64 Å². The second kappa shape index (κ2) is 6.53. The van der Waals surface area contributed by atoms with Crippen LogP contribution in [0, 0.1) is 0 Å². The van der Waals surface area contributed by atoms with Crippen LogP contribution in [0.1, 0.15) is 12.0 Å². The van der Waals surface area contributed by atoms with Crippen molar-refractivity contribution in [1.29, 1.82) is 0 Å². The van der Waals surface area contributed by atoms with Crippen molar-refractivity contribution < 1.29 is 9.53 Å². The number of hydrogen-bond donors (Lipinski definition) is 0. The summed E-state index contributed by atoms with van der Waals surface area (Å²) >= 11 is 0. The Morgan fingerprint density at radius 3 is 2.88 bits per heavy atom. The van der Waals surface area contributed by atoms with E-state index >= 15 is 0 Å². The molecule has 2 aliphatic rings. The fourth-order valence-electron chi connectivity index (χ4n) is 3.64. The van der Waals surface area contributed by atoms with Gasteiger partial charge in [0.25, 0.3) is 0 Å². The highest BCUT2D eigenvalue weighted by atomic mass is 16.5. The minimum atomic E-state index is -0.175. The number of aromatic nitrogens is 4. The van der Waals surface area contributed by atoms with Gasteiger partial charge in [-0.3, -0.25) is 9.69 Å². The second-order valence-electron chi connectivity index (χ2n) is 7.01. The molecule has 25 heavy (non-hydrogen) atoms. The Balaban J connectivity index is 1.27. The first-order chi connectivity index (χ1) is 12.1. The fourth-order valence-corrected chi connectivity index (χ4v) is 3.64. The predicted molar refractivity (Wildman–Crippen MR) is 89.4 cm³/mol. The lowest BCUT2D eigenvalue weighted by Gasteiger charge is -2.47. The summed E-state index contributed by atoms with van der Waals surface area (Å²) in [7, 11) is 2.14. The van der Waals surface area contributed by atoms with Crippen molar-refractivity contribution in [2.75, 3.05) is 26.7 Å². The Morgan fingerprint density at radius 1 is 1.36 bits per heavy atom. The summed E-state index contributed by atoms with van der Waals surface area (Å²) in [5.41, 5.74) is 1.13. The molecule has 1 atom stereocenters. The summed E-state index contributed by atoms with van der Waals surface area (Å²) in [5, 5.41) is 10.8. The normalized spacial score (nSPS) is 21.7. The van der Waals surface area contributed by atoms with Crippen LogP contribution in [0.25, 0.3) is 0 Å². The molecule has 3 heterocycles. The van der Waals surface area contributed by atoms with E-state index in [1.165, 1.54) is 16.6 Å². The highest BCUT2D eigenvalue weighted by Gasteiger charge is 2.51. The Morgan fingerprint density at radius 2 is 2.16 bits per heavy atom. The lowest BCUT2D eigenvalue weighted by molar-refractivity contribution is -0.158. The lowest BCUT2D eigenvalue weighted by atomic mass is 9.89. The zero-order valence-corrected chi connectivity index (χ0v) is 14.3. The van der Waals surface area contributed by atoms with Crippen molar-refractivity contribution in [3.8, 4) is 0 Å². The average Bonchev–Trinajstić information content (AvgIpc) is 3.23. The third-order valence-electron chi connectivity index (χ3n) is 5.09. The Hall–Kier alpha value is -2.32. The van der Waals surface area contributed by atoms with Crippen LogP contribution in [0.3, 0.4) is 0 Å². The van der Waals surface area contributed by atoms with E-state index in [9.17, 15) is 4.79 Å². The summed E-state index contributed by atoms with van der Waals surface area (Å²) in [6.45, 7) is 3.12. The predicted octanol–water partition coefficient (Wildman–Crippen LogP) is 0.175. The maximum atomic E-state index is 12.2. The largest absolute Gasteiger partial charge is 0.370 e. The number of benzene rings is 1. The molecular weight excluding hydrogens is 320 g/mol. The Kier molecular flexibility index (Phi) is 4.22. The number of hydrogen-bond acceptors (Lipinski definition) is 6. The molecule has 1 amide bonds. The zero-order chi connectivity index (χ0) is 17.3. The number of amides is 1. The van der Waals surface area contributed by atoms with E-state index < -0.39 is 0 Å². The summed E-state index contributed by atoms with van der Waals surface area (Å²) in [6.07, 6.45) is 2.42. The minimum Gasteiger partial charge on any atom is -0.370 e. The highest BCUT2D eigenvalue weighted by Crippen LogP contribution is 2.37. The second-order valence-corrected chi connectivity index (χ2v) is 7.01. The van der Waals surface area contributed by atoms with Crippen molar-refractivity contribution in [2.24, 2.45) is 0 Å². The third-order valence-corrected chi connectivity index (χ3v) is 5.09. The first kappa shape index (κ1) is 16.2. The quantitative estimate of drug-likeness (QED) is 0.771. The summed E-state index contributed by atoms with van der Waals surface area (Å²) in [6, 6.07) is 10.8. The van der Waals surface area contributed by atoms with Crippen LogP contribution in [0.15, 0.2) is 36.7 Å². The third kappa shape index (κ3) is 3.40. The molecule has 0 N–H and O–H groups in total. The highest BCUT2D eigenvalue weighted by molar-refractivity contribution is 5.77. The van der Waals surface area contributed by atoms with Crippen molar-refractivity contribution in [1.82, 2.24) is 30.0 Å². The molecule has 2 aliphatic heterocycles. The van der Waals surface area contributed by atoms with Gasteiger partial charge in [-0.25, -0.2) is 4.68 Å². The molecule has 8 heteroatoms. The number of carbonyl (C=O) groups is 1. The molecule has 4 rings (SSSR count). The van der Waals surface area contributed by atoms with Gasteiger partial charge in [0.2, 0.25) is 5.91 Å². The summed E-state index contributed by atoms with van der Waals surface area (Å²) in [5.74, 6) is 0.0302. The summed E-state index contributed by atoms with van der Waals surface area (Å²) in [4.78, 5) is 16.4. The molecule has 132 valence electrons. The van der Waals surface area contributed by atoms with E-state index in [1.54, 1.807) is 0 Å². The molecular formula is C17H22N6O2. The van der Waals surface area contributed by atoms with Crippen molar-refractivity contribution in [3.05, 3.63) is 42.2 Å². The van der Waals surface area contributed by atoms with Crippen molar-refractivity contribution >= 4 is 5.91 Å². The molecule has 1 aromatic carbocycles. The monoisotopic (exact) mass is 342 g/mol. The van der Waals surface area contributed by atoms with E-state index in [4.69, 9.17) is 4.74 Å². The van der Waals surface area contributed by atoms with Gasteiger partial charge in [-0.2, -0.15) is 0 Å². The molecule has 0 bridgehead atoms. The Bertz CT molecular complexity index is 714. The molecule has 1 aromatic heterocycles. The molecule has 8 nitrogen and oxygen atoms in total. The number of carbonyl (C=O) groups excluding carboxylic acids is 1. The smallest absolute Gasteiger partial charge is 0.244 e. The topological polar surface area (TPSA) is 76.4 Å². The van der Waals surface area contributed by atoms with Crippen LogP contribution >= 0.6 is 0 Å². The van der Waals surface area contributed by atoms with Crippen LogP contribution in [-0.4, -0.2) is 74.3 Å². The number of likely N-dealkylation sites (N-methyl/N-ethyl adjacent to an activating group) is 1. The van der Waals surface area contributed by atoms with E-state index in [1.807, 2.05) is 11.0 Å². The molecule has 1 spiro atoms. The first-order valence-corrected chi connectivity index (χ1v) is 8.50. The first-order valence-electron chi connectivity index (χ1n) is 8.50. The van der Waals surface area contributed by atoms with Crippen LogP contribution in [-0.2, 0) is 22.6 Å². The van der Waals surface area contributed by atoms with Crippen molar-refractivity contribution in [3.63, 3.8) is 0 Å². The number of tetrazole rings is 1. The van der Waals surface area contributed by atoms with Crippen LogP contribution in [0.2, 0.25) is 0 Å². The standard InChI is InChI=1S/C17H22N6O2/c1-21(8-14-5-3-2-4-6-14)15-7-17(25-10-15)11-22(12-17)16(24)9-23-13-18-19-20-23/h2-6,13,15H,7-12H2,1H3. The lowest BCUT2D eigenvalue weighted by Crippen LogP contribution is -2.64. The average molecular weight is 342 g/mol. The molecule has 1 unspecified atom stereocenters. The van der Waals surface area contributed by atoms with Crippen molar-refractivity contribution in [2.45, 2.75) is 31.2 Å². The van der Waals surface area contributed by atoms with Crippen LogP contribution < -0.4 is 0 Å². The number of ether oxygens (including phenoxy) is 1. The van der Waals surface area contributed by atoms with E-state index in [-0.39, 0.29) is 18.1 Å². The fraction of sp³-hybridized carbons (Fsp3) is 0.529.